The van der Waals surface area contributed by atoms with Crippen molar-refractivity contribution >= 4 is 38.9 Å². The van der Waals surface area contributed by atoms with Gasteiger partial charge in [0, 0.05) is 31.0 Å². The molecule has 6 nitrogen and oxygen atoms in total. The average molecular weight is 381 g/mol. The topological polar surface area (TPSA) is 71.4 Å². The van der Waals surface area contributed by atoms with Crippen molar-refractivity contribution in [2.75, 3.05) is 18.4 Å². The zero-order chi connectivity index (χ0) is 19.0. The lowest BCUT2D eigenvalue weighted by atomic mass is 10.2. The summed E-state index contributed by atoms with van der Waals surface area (Å²) < 4.78 is 2.35. The Labute approximate surface area is 160 Å². The molecule has 1 aromatic carbocycles. The number of carbonyl (C=O) groups is 2. The van der Waals surface area contributed by atoms with Gasteiger partial charge in [-0.15, -0.1) is 11.3 Å². The molecule has 3 heterocycles. The molecule has 3 aromatic rings. The van der Waals surface area contributed by atoms with Crippen LogP contribution in [0.1, 0.15) is 32.9 Å². The van der Waals surface area contributed by atoms with E-state index >= 15 is 0 Å². The largest absolute Gasteiger partial charge is 0.339 e. The van der Waals surface area contributed by atoms with Gasteiger partial charge in [-0.1, -0.05) is 18.2 Å². The highest BCUT2D eigenvalue weighted by Crippen LogP contribution is 2.25. The molecule has 0 saturated carbocycles. The highest BCUT2D eigenvalue weighted by molar-refractivity contribution is 7.20. The Morgan fingerprint density at radius 2 is 1.85 bits per heavy atom. The molecular weight excluding hydrogens is 362 g/mol. The number of rotatable bonds is 3. The number of benzene rings is 1. The standard InChI is InChI=1S/C20H19N3O3S/c1-22-12-14(19(25)23-8-4-5-9-23)10-15(20(22)26)21-18(24)17-11-13-6-2-3-7-16(13)27-17/h2-3,6-7,10-12H,4-5,8-9H2,1H3,(H,21,24). The minimum atomic E-state index is -0.348. The summed E-state index contributed by atoms with van der Waals surface area (Å²) in [5.41, 5.74) is 0.179. The predicted octanol–water partition coefficient (Wildman–Crippen LogP) is 3.09. The molecule has 0 bridgehead atoms. The Morgan fingerprint density at radius 3 is 2.59 bits per heavy atom. The van der Waals surface area contributed by atoms with Gasteiger partial charge < -0.3 is 14.8 Å². The van der Waals surface area contributed by atoms with Crippen LogP contribution < -0.4 is 10.9 Å². The number of aromatic nitrogens is 1. The monoisotopic (exact) mass is 381 g/mol. The fraction of sp³-hybridized carbons (Fsp3) is 0.250. The number of thiophene rings is 1. The van der Waals surface area contributed by atoms with E-state index in [0.29, 0.717) is 10.4 Å². The van der Waals surface area contributed by atoms with Gasteiger partial charge >= 0.3 is 0 Å². The molecule has 27 heavy (non-hydrogen) atoms. The third-order valence-corrected chi connectivity index (χ3v) is 5.84. The molecule has 1 aliphatic heterocycles. The number of amides is 2. The second-order valence-electron chi connectivity index (χ2n) is 6.66. The van der Waals surface area contributed by atoms with Crippen molar-refractivity contribution < 1.29 is 9.59 Å². The van der Waals surface area contributed by atoms with Gasteiger partial charge in [-0.3, -0.25) is 14.4 Å². The minimum absolute atomic E-state index is 0.111. The van der Waals surface area contributed by atoms with E-state index in [9.17, 15) is 14.4 Å². The Balaban J connectivity index is 1.63. The third-order valence-electron chi connectivity index (χ3n) is 4.72. The number of hydrogen-bond donors (Lipinski definition) is 1. The molecule has 0 unspecified atom stereocenters. The van der Waals surface area contributed by atoms with Crippen molar-refractivity contribution in [3.63, 3.8) is 0 Å². The maximum atomic E-state index is 12.6. The number of aryl methyl sites for hydroxylation is 1. The van der Waals surface area contributed by atoms with Crippen molar-refractivity contribution in [3.05, 3.63) is 63.4 Å². The quantitative estimate of drug-likeness (QED) is 0.758. The summed E-state index contributed by atoms with van der Waals surface area (Å²) in [7, 11) is 1.58. The van der Waals surface area contributed by atoms with Crippen LogP contribution in [0, 0.1) is 0 Å². The molecule has 2 aromatic heterocycles. The first-order valence-corrected chi connectivity index (χ1v) is 9.64. The zero-order valence-corrected chi connectivity index (χ0v) is 15.7. The molecule has 138 valence electrons. The molecule has 7 heteroatoms. The summed E-state index contributed by atoms with van der Waals surface area (Å²) in [5, 5.41) is 3.67. The van der Waals surface area contributed by atoms with E-state index in [1.165, 1.54) is 28.2 Å². The van der Waals surface area contributed by atoms with E-state index in [2.05, 4.69) is 5.32 Å². The lowest BCUT2D eigenvalue weighted by molar-refractivity contribution is 0.0791. The van der Waals surface area contributed by atoms with E-state index in [1.54, 1.807) is 18.0 Å². The first-order valence-electron chi connectivity index (χ1n) is 8.83. The molecule has 1 saturated heterocycles. The van der Waals surface area contributed by atoms with Crippen molar-refractivity contribution in [2.24, 2.45) is 7.05 Å². The van der Waals surface area contributed by atoms with E-state index in [1.807, 2.05) is 24.3 Å². The van der Waals surface area contributed by atoms with Crippen LogP contribution in [0.25, 0.3) is 10.1 Å². The van der Waals surface area contributed by atoms with Crippen LogP contribution in [0.4, 0.5) is 5.69 Å². The van der Waals surface area contributed by atoms with Crippen molar-refractivity contribution in [1.82, 2.24) is 9.47 Å². The van der Waals surface area contributed by atoms with Crippen LogP contribution in [0.3, 0.4) is 0 Å². The maximum absolute atomic E-state index is 12.6. The van der Waals surface area contributed by atoms with Crippen LogP contribution in [-0.2, 0) is 7.05 Å². The fourth-order valence-electron chi connectivity index (χ4n) is 3.30. The smallest absolute Gasteiger partial charge is 0.274 e. The van der Waals surface area contributed by atoms with E-state index < -0.39 is 0 Å². The number of hydrogen-bond acceptors (Lipinski definition) is 4. The van der Waals surface area contributed by atoms with Gasteiger partial charge in [-0.2, -0.15) is 0 Å². The number of pyridine rings is 1. The van der Waals surface area contributed by atoms with Crippen LogP contribution in [0.2, 0.25) is 0 Å². The summed E-state index contributed by atoms with van der Waals surface area (Å²) in [4.78, 5) is 40.0. The normalized spacial score (nSPS) is 13.9. The Morgan fingerprint density at radius 1 is 1.11 bits per heavy atom. The number of anilines is 1. The summed E-state index contributed by atoms with van der Waals surface area (Å²) in [6, 6.07) is 11.0. The highest BCUT2D eigenvalue weighted by Gasteiger charge is 2.22. The van der Waals surface area contributed by atoms with Crippen molar-refractivity contribution in [1.29, 1.82) is 0 Å². The minimum Gasteiger partial charge on any atom is -0.339 e. The second-order valence-corrected chi connectivity index (χ2v) is 7.74. The molecule has 0 atom stereocenters. The molecular formula is C20H19N3O3S. The number of carbonyl (C=O) groups excluding carboxylic acids is 2. The maximum Gasteiger partial charge on any atom is 0.274 e. The average Bonchev–Trinajstić information content (AvgIpc) is 3.34. The molecule has 0 aliphatic carbocycles. The SMILES string of the molecule is Cn1cc(C(=O)N2CCCC2)cc(NC(=O)c2cc3ccccc3s2)c1=O. The molecule has 0 radical (unpaired) electrons. The van der Waals surface area contributed by atoms with Gasteiger partial charge in [-0.05, 0) is 36.4 Å². The van der Waals surface area contributed by atoms with E-state index in [0.717, 1.165) is 36.0 Å². The van der Waals surface area contributed by atoms with Crippen LogP contribution in [-0.4, -0.2) is 34.4 Å². The zero-order valence-electron chi connectivity index (χ0n) is 14.9. The first-order chi connectivity index (χ1) is 13.0. The van der Waals surface area contributed by atoms with Crippen LogP contribution in [0.5, 0.6) is 0 Å². The van der Waals surface area contributed by atoms with Gasteiger partial charge in [-0.25, -0.2) is 0 Å². The number of nitrogens with zero attached hydrogens (tertiary/aromatic N) is 2. The van der Waals surface area contributed by atoms with E-state index in [-0.39, 0.29) is 23.1 Å². The van der Waals surface area contributed by atoms with Crippen LogP contribution >= 0.6 is 11.3 Å². The highest BCUT2D eigenvalue weighted by atomic mass is 32.1. The molecule has 2 amide bonds. The predicted molar refractivity (Wildman–Crippen MR) is 107 cm³/mol. The van der Waals surface area contributed by atoms with Gasteiger partial charge in [0.25, 0.3) is 17.4 Å². The van der Waals surface area contributed by atoms with E-state index in [4.69, 9.17) is 0 Å². The molecule has 4 rings (SSSR count). The lowest BCUT2D eigenvalue weighted by Crippen LogP contribution is -2.30. The second kappa shape index (κ2) is 7.00. The summed E-state index contributed by atoms with van der Waals surface area (Å²) >= 11 is 1.37. The number of fused-ring (bicyclic) bond motifs is 1. The number of likely N-dealkylation sites (tertiary alicyclic amines) is 1. The Hall–Kier alpha value is -2.93. The van der Waals surface area contributed by atoms with Crippen LogP contribution in [0.15, 0.2) is 47.4 Å². The fourth-order valence-corrected chi connectivity index (χ4v) is 4.26. The van der Waals surface area contributed by atoms with Crippen molar-refractivity contribution in [2.45, 2.75) is 12.8 Å². The number of nitrogens with one attached hydrogen (secondary N) is 1. The van der Waals surface area contributed by atoms with Gasteiger partial charge in [0.15, 0.2) is 0 Å². The first kappa shape index (κ1) is 17.5. The summed E-state index contributed by atoms with van der Waals surface area (Å²) in [6.07, 6.45) is 3.51. The van der Waals surface area contributed by atoms with Gasteiger partial charge in [0.05, 0.1) is 10.4 Å². The summed E-state index contributed by atoms with van der Waals surface area (Å²) in [6.45, 7) is 1.45. The van der Waals surface area contributed by atoms with Gasteiger partial charge in [0.1, 0.15) is 5.69 Å². The van der Waals surface area contributed by atoms with Gasteiger partial charge in [0.2, 0.25) is 0 Å². The summed E-state index contributed by atoms with van der Waals surface area (Å²) in [5.74, 6) is -0.459. The molecule has 1 N–H and O–H groups in total. The Bertz CT molecular complexity index is 1060. The molecule has 0 spiro atoms. The van der Waals surface area contributed by atoms with Crippen molar-refractivity contribution in [3.8, 4) is 0 Å². The molecule has 1 aliphatic rings. The molecule has 1 fully saturated rings. The lowest BCUT2D eigenvalue weighted by Gasteiger charge is -2.16. The Kier molecular flexibility index (Phi) is 4.53. The third kappa shape index (κ3) is 3.38.